The molecule has 0 aliphatic heterocycles. The Labute approximate surface area is 110 Å². The summed E-state index contributed by atoms with van der Waals surface area (Å²) >= 11 is 1.62. The van der Waals surface area contributed by atoms with Crippen molar-refractivity contribution < 1.29 is 4.79 Å². The van der Waals surface area contributed by atoms with Crippen LogP contribution in [0.5, 0.6) is 0 Å². The van der Waals surface area contributed by atoms with E-state index in [2.05, 4.69) is 15.6 Å². The molecule has 18 heavy (non-hydrogen) atoms. The predicted molar refractivity (Wildman–Crippen MR) is 74.0 cm³/mol. The van der Waals surface area contributed by atoms with Gasteiger partial charge in [0.05, 0.1) is 17.9 Å². The molecule has 0 aliphatic carbocycles. The number of pyridine rings is 1. The summed E-state index contributed by atoms with van der Waals surface area (Å²) in [6.07, 6.45) is 1.64. The largest absolute Gasteiger partial charge is 0.387 e. The van der Waals surface area contributed by atoms with Crippen LogP contribution in [0.1, 0.15) is 29.0 Å². The summed E-state index contributed by atoms with van der Waals surface area (Å²) in [5.74, 6) is -0.156. The van der Waals surface area contributed by atoms with Crippen molar-refractivity contribution in [3.63, 3.8) is 0 Å². The molecular weight excluding hydrogens is 246 g/mol. The molecule has 0 bridgehead atoms. The standard InChI is InChI=1S/C13H15N3OS/c1-9(10-5-6-18-8-10)16-13(17)12-4-3-11(14-2)7-15-12/h3-9,14H,1-2H3,(H,16,17). The number of thiophene rings is 1. The van der Waals surface area contributed by atoms with E-state index in [0.717, 1.165) is 11.3 Å². The second-order valence-corrected chi connectivity index (χ2v) is 4.71. The Kier molecular flexibility index (Phi) is 3.94. The molecule has 2 rings (SSSR count). The van der Waals surface area contributed by atoms with Crippen LogP contribution in [0.3, 0.4) is 0 Å². The van der Waals surface area contributed by atoms with E-state index < -0.39 is 0 Å². The van der Waals surface area contributed by atoms with Crippen LogP contribution in [-0.4, -0.2) is 17.9 Å². The second-order valence-electron chi connectivity index (χ2n) is 3.93. The number of nitrogens with zero attached hydrogens (tertiary/aromatic N) is 1. The number of carbonyl (C=O) groups excluding carboxylic acids is 1. The summed E-state index contributed by atoms with van der Waals surface area (Å²) in [5.41, 5.74) is 2.42. The average molecular weight is 261 g/mol. The van der Waals surface area contributed by atoms with Gasteiger partial charge in [0.25, 0.3) is 5.91 Å². The number of hydrogen-bond donors (Lipinski definition) is 2. The number of carbonyl (C=O) groups is 1. The third kappa shape index (κ3) is 2.87. The van der Waals surface area contributed by atoms with Gasteiger partial charge >= 0.3 is 0 Å². The fraction of sp³-hybridized carbons (Fsp3) is 0.231. The molecule has 0 aromatic carbocycles. The van der Waals surface area contributed by atoms with E-state index in [1.807, 2.05) is 36.9 Å². The van der Waals surface area contributed by atoms with E-state index in [1.165, 1.54) is 0 Å². The zero-order chi connectivity index (χ0) is 13.0. The monoisotopic (exact) mass is 261 g/mol. The lowest BCUT2D eigenvalue weighted by Crippen LogP contribution is -2.27. The minimum atomic E-state index is -0.156. The highest BCUT2D eigenvalue weighted by molar-refractivity contribution is 7.07. The molecule has 0 saturated heterocycles. The van der Waals surface area contributed by atoms with E-state index in [-0.39, 0.29) is 11.9 Å². The Balaban J connectivity index is 2.03. The first kappa shape index (κ1) is 12.6. The van der Waals surface area contributed by atoms with Gasteiger partial charge in [-0.2, -0.15) is 11.3 Å². The molecule has 0 aliphatic rings. The van der Waals surface area contributed by atoms with E-state index >= 15 is 0 Å². The van der Waals surface area contributed by atoms with Gasteiger partial charge in [0.2, 0.25) is 0 Å². The first-order chi connectivity index (χ1) is 8.70. The van der Waals surface area contributed by atoms with Crippen molar-refractivity contribution in [3.05, 3.63) is 46.4 Å². The van der Waals surface area contributed by atoms with Crippen molar-refractivity contribution in [1.82, 2.24) is 10.3 Å². The van der Waals surface area contributed by atoms with Crippen molar-refractivity contribution in [2.75, 3.05) is 12.4 Å². The maximum absolute atomic E-state index is 12.0. The fourth-order valence-electron chi connectivity index (χ4n) is 1.55. The van der Waals surface area contributed by atoms with E-state index in [0.29, 0.717) is 5.69 Å². The SMILES string of the molecule is CNc1ccc(C(=O)NC(C)c2ccsc2)nc1. The zero-order valence-corrected chi connectivity index (χ0v) is 11.1. The van der Waals surface area contributed by atoms with Crippen molar-refractivity contribution in [2.24, 2.45) is 0 Å². The summed E-state index contributed by atoms with van der Waals surface area (Å²) in [4.78, 5) is 16.1. The third-order valence-electron chi connectivity index (χ3n) is 2.68. The Bertz CT molecular complexity index is 508. The normalized spacial score (nSPS) is 11.9. The van der Waals surface area contributed by atoms with Gasteiger partial charge in [-0.15, -0.1) is 0 Å². The fourth-order valence-corrected chi connectivity index (χ4v) is 2.31. The summed E-state index contributed by atoms with van der Waals surface area (Å²) in [5, 5.41) is 9.91. The van der Waals surface area contributed by atoms with Crippen LogP contribution in [0, 0.1) is 0 Å². The Hall–Kier alpha value is -1.88. The summed E-state index contributed by atoms with van der Waals surface area (Å²) in [6.45, 7) is 1.96. The highest BCUT2D eigenvalue weighted by Crippen LogP contribution is 2.16. The number of aromatic nitrogens is 1. The topological polar surface area (TPSA) is 54.0 Å². The molecule has 2 N–H and O–H groups in total. The maximum Gasteiger partial charge on any atom is 0.270 e. The number of anilines is 1. The summed E-state index contributed by atoms with van der Waals surface area (Å²) in [6, 6.07) is 5.54. The van der Waals surface area contributed by atoms with Gasteiger partial charge in [0.1, 0.15) is 5.69 Å². The molecular formula is C13H15N3OS. The highest BCUT2D eigenvalue weighted by atomic mass is 32.1. The van der Waals surface area contributed by atoms with Crippen LogP contribution < -0.4 is 10.6 Å². The van der Waals surface area contributed by atoms with Crippen LogP contribution >= 0.6 is 11.3 Å². The van der Waals surface area contributed by atoms with Crippen molar-refractivity contribution >= 4 is 22.9 Å². The number of rotatable bonds is 4. The maximum atomic E-state index is 12.0. The highest BCUT2D eigenvalue weighted by Gasteiger charge is 2.12. The summed E-state index contributed by atoms with van der Waals surface area (Å²) < 4.78 is 0. The molecule has 5 heteroatoms. The quantitative estimate of drug-likeness (QED) is 0.889. The van der Waals surface area contributed by atoms with Gasteiger partial charge in [-0.05, 0) is 41.4 Å². The van der Waals surface area contributed by atoms with E-state index in [1.54, 1.807) is 23.6 Å². The lowest BCUT2D eigenvalue weighted by atomic mass is 10.2. The lowest BCUT2D eigenvalue weighted by molar-refractivity contribution is 0.0935. The van der Waals surface area contributed by atoms with Gasteiger partial charge in [0.15, 0.2) is 0 Å². The Morgan fingerprint density at radius 3 is 2.78 bits per heavy atom. The van der Waals surface area contributed by atoms with Crippen LogP contribution in [0.15, 0.2) is 35.2 Å². The minimum absolute atomic E-state index is 0.00507. The zero-order valence-electron chi connectivity index (χ0n) is 10.3. The number of amides is 1. The first-order valence-corrected chi connectivity index (χ1v) is 6.61. The van der Waals surface area contributed by atoms with Gasteiger partial charge in [-0.25, -0.2) is 4.98 Å². The smallest absolute Gasteiger partial charge is 0.270 e. The molecule has 2 aromatic rings. The second kappa shape index (κ2) is 5.64. The number of hydrogen-bond acceptors (Lipinski definition) is 4. The van der Waals surface area contributed by atoms with Crippen LogP contribution in [0.2, 0.25) is 0 Å². The third-order valence-corrected chi connectivity index (χ3v) is 3.38. The molecule has 1 atom stereocenters. The molecule has 0 fully saturated rings. The van der Waals surface area contributed by atoms with Gasteiger partial charge in [-0.3, -0.25) is 4.79 Å². The molecule has 1 amide bonds. The van der Waals surface area contributed by atoms with Crippen LogP contribution in [0.25, 0.3) is 0 Å². The molecule has 1 unspecified atom stereocenters. The van der Waals surface area contributed by atoms with Crippen molar-refractivity contribution in [3.8, 4) is 0 Å². The molecule has 4 nitrogen and oxygen atoms in total. The Morgan fingerprint density at radius 1 is 1.39 bits per heavy atom. The van der Waals surface area contributed by atoms with Gasteiger partial charge in [0, 0.05) is 7.05 Å². The van der Waals surface area contributed by atoms with Crippen molar-refractivity contribution in [1.29, 1.82) is 0 Å². The van der Waals surface area contributed by atoms with Crippen LogP contribution in [0.4, 0.5) is 5.69 Å². The lowest BCUT2D eigenvalue weighted by Gasteiger charge is -2.12. The number of nitrogens with one attached hydrogen (secondary N) is 2. The van der Waals surface area contributed by atoms with Crippen molar-refractivity contribution in [2.45, 2.75) is 13.0 Å². The van der Waals surface area contributed by atoms with Gasteiger partial charge in [-0.1, -0.05) is 0 Å². The first-order valence-electron chi connectivity index (χ1n) is 5.67. The average Bonchev–Trinajstić information content (AvgIpc) is 2.92. The molecule has 0 radical (unpaired) electrons. The minimum Gasteiger partial charge on any atom is -0.387 e. The molecule has 2 heterocycles. The predicted octanol–water partition coefficient (Wildman–Crippen LogP) is 2.68. The molecule has 94 valence electrons. The van der Waals surface area contributed by atoms with Crippen LogP contribution in [-0.2, 0) is 0 Å². The summed E-state index contributed by atoms with van der Waals surface area (Å²) in [7, 11) is 1.81. The molecule has 0 spiro atoms. The molecule has 2 aromatic heterocycles. The Morgan fingerprint density at radius 2 is 2.22 bits per heavy atom. The van der Waals surface area contributed by atoms with E-state index in [9.17, 15) is 4.79 Å². The van der Waals surface area contributed by atoms with Gasteiger partial charge < -0.3 is 10.6 Å². The molecule has 0 saturated carbocycles. The van der Waals surface area contributed by atoms with E-state index in [4.69, 9.17) is 0 Å².